The van der Waals surface area contributed by atoms with Gasteiger partial charge in [-0.1, -0.05) is 140 Å². The van der Waals surface area contributed by atoms with Gasteiger partial charge in [0.1, 0.15) is 0 Å². The zero-order valence-electron chi connectivity index (χ0n) is 28.4. The summed E-state index contributed by atoms with van der Waals surface area (Å²) in [5.41, 5.74) is 10.8. The molecule has 2 heteroatoms. The Morgan fingerprint density at radius 1 is 0.308 bits per heavy atom. The van der Waals surface area contributed by atoms with Crippen molar-refractivity contribution in [3.63, 3.8) is 0 Å². The lowest BCUT2D eigenvalue weighted by Crippen LogP contribution is -2.10. The summed E-state index contributed by atoms with van der Waals surface area (Å²) in [6.45, 7) is 0. The highest BCUT2D eigenvalue weighted by molar-refractivity contribution is 7.26. The Bertz CT molecular complexity index is 2900. The van der Waals surface area contributed by atoms with Gasteiger partial charge >= 0.3 is 0 Å². The normalized spacial score (nSPS) is 11.5. The van der Waals surface area contributed by atoms with E-state index in [1.54, 1.807) is 0 Å². The SMILES string of the molecule is c1ccc(-c2ccc(N(c3ccc4cc(-c5cccc(-c6ccc7ccccc7c6)c5)ccc4c3)c3cccc4sc5ccccc5c34)cc2)cc1. The van der Waals surface area contributed by atoms with Crippen molar-refractivity contribution in [2.45, 2.75) is 0 Å². The van der Waals surface area contributed by atoms with Crippen LogP contribution in [0.2, 0.25) is 0 Å². The number of hydrogen-bond acceptors (Lipinski definition) is 2. The average Bonchev–Trinajstić information content (AvgIpc) is 3.61. The van der Waals surface area contributed by atoms with Crippen molar-refractivity contribution in [1.82, 2.24) is 0 Å². The molecule has 1 heterocycles. The summed E-state index contributed by atoms with van der Waals surface area (Å²) in [4.78, 5) is 2.43. The summed E-state index contributed by atoms with van der Waals surface area (Å²) in [6.07, 6.45) is 0. The van der Waals surface area contributed by atoms with Gasteiger partial charge in [0.25, 0.3) is 0 Å². The van der Waals surface area contributed by atoms with E-state index in [4.69, 9.17) is 0 Å². The number of hydrogen-bond donors (Lipinski definition) is 0. The third-order valence-corrected chi connectivity index (χ3v) is 11.4. The third-order valence-electron chi connectivity index (χ3n) is 10.2. The summed E-state index contributed by atoms with van der Waals surface area (Å²) in [7, 11) is 0. The maximum Gasteiger partial charge on any atom is 0.0554 e. The van der Waals surface area contributed by atoms with Crippen molar-refractivity contribution in [2.75, 3.05) is 4.90 Å². The molecule has 0 N–H and O–H groups in total. The molecule has 9 aromatic carbocycles. The summed E-state index contributed by atoms with van der Waals surface area (Å²) < 4.78 is 2.60. The monoisotopic (exact) mass is 679 g/mol. The molecule has 0 atom stereocenters. The molecule has 0 radical (unpaired) electrons. The molecule has 244 valence electrons. The smallest absolute Gasteiger partial charge is 0.0554 e. The van der Waals surface area contributed by atoms with Gasteiger partial charge in [0.05, 0.1) is 5.69 Å². The first kappa shape index (κ1) is 30.4. The number of rotatable bonds is 6. The van der Waals surface area contributed by atoms with Crippen LogP contribution in [0.1, 0.15) is 0 Å². The number of thiophene rings is 1. The second-order valence-corrected chi connectivity index (χ2v) is 14.5. The first-order valence-corrected chi connectivity index (χ1v) is 18.6. The minimum Gasteiger partial charge on any atom is -0.310 e. The first-order chi connectivity index (χ1) is 25.7. The molecule has 0 fully saturated rings. The van der Waals surface area contributed by atoms with E-state index < -0.39 is 0 Å². The average molecular weight is 680 g/mol. The fourth-order valence-electron chi connectivity index (χ4n) is 7.60. The molecule has 0 bridgehead atoms. The zero-order chi connectivity index (χ0) is 34.4. The number of nitrogens with zero attached hydrogens (tertiary/aromatic N) is 1. The van der Waals surface area contributed by atoms with Crippen molar-refractivity contribution in [2.24, 2.45) is 0 Å². The fraction of sp³-hybridized carbons (Fsp3) is 0. The lowest BCUT2D eigenvalue weighted by molar-refractivity contribution is 1.31. The van der Waals surface area contributed by atoms with E-state index in [2.05, 4.69) is 205 Å². The second-order valence-electron chi connectivity index (χ2n) is 13.4. The lowest BCUT2D eigenvalue weighted by Gasteiger charge is -2.27. The Morgan fingerprint density at radius 2 is 0.827 bits per heavy atom. The van der Waals surface area contributed by atoms with E-state index in [0.717, 1.165) is 11.4 Å². The van der Waals surface area contributed by atoms with Gasteiger partial charge in [-0.15, -0.1) is 11.3 Å². The third kappa shape index (κ3) is 5.42. The van der Waals surface area contributed by atoms with Gasteiger partial charge in [0.15, 0.2) is 0 Å². The maximum absolute atomic E-state index is 2.43. The highest BCUT2D eigenvalue weighted by Gasteiger charge is 2.19. The first-order valence-electron chi connectivity index (χ1n) is 17.7. The van der Waals surface area contributed by atoms with E-state index in [0.29, 0.717) is 0 Å². The molecular weight excluding hydrogens is 647 g/mol. The molecule has 10 rings (SSSR count). The molecule has 0 aliphatic carbocycles. The van der Waals surface area contributed by atoms with Gasteiger partial charge in [0, 0.05) is 31.5 Å². The van der Waals surface area contributed by atoms with E-state index in [-0.39, 0.29) is 0 Å². The molecule has 1 nitrogen and oxygen atoms in total. The summed E-state index contributed by atoms with van der Waals surface area (Å²) in [6, 6.07) is 73.0. The fourth-order valence-corrected chi connectivity index (χ4v) is 8.73. The molecule has 1 aromatic heterocycles. The van der Waals surface area contributed by atoms with Crippen molar-refractivity contribution in [3.8, 4) is 33.4 Å². The van der Waals surface area contributed by atoms with Crippen molar-refractivity contribution in [1.29, 1.82) is 0 Å². The van der Waals surface area contributed by atoms with Gasteiger partial charge in [0.2, 0.25) is 0 Å². The largest absolute Gasteiger partial charge is 0.310 e. The van der Waals surface area contributed by atoms with Crippen molar-refractivity contribution >= 4 is 70.1 Å². The predicted molar refractivity (Wildman–Crippen MR) is 225 cm³/mol. The van der Waals surface area contributed by atoms with Crippen LogP contribution in [0.15, 0.2) is 200 Å². The van der Waals surface area contributed by atoms with Crippen LogP contribution in [0, 0.1) is 0 Å². The van der Waals surface area contributed by atoms with Gasteiger partial charge in [-0.3, -0.25) is 0 Å². The Kier molecular flexibility index (Phi) is 7.41. The van der Waals surface area contributed by atoms with Crippen LogP contribution in [0.4, 0.5) is 17.1 Å². The number of anilines is 3. The van der Waals surface area contributed by atoms with Gasteiger partial charge in [-0.25, -0.2) is 0 Å². The summed E-state index contributed by atoms with van der Waals surface area (Å²) in [5, 5.41) is 7.53. The van der Waals surface area contributed by atoms with Crippen LogP contribution in [-0.4, -0.2) is 0 Å². The van der Waals surface area contributed by atoms with E-state index in [1.807, 2.05) is 11.3 Å². The topological polar surface area (TPSA) is 3.24 Å². The maximum atomic E-state index is 2.43. The lowest BCUT2D eigenvalue weighted by atomic mass is 9.96. The highest BCUT2D eigenvalue weighted by Crippen LogP contribution is 2.45. The Hall–Kier alpha value is -6.48. The van der Waals surface area contributed by atoms with E-state index in [1.165, 1.54) is 80.8 Å². The Balaban J connectivity index is 1.07. The molecule has 0 spiro atoms. The second kappa shape index (κ2) is 12.7. The molecule has 0 saturated heterocycles. The van der Waals surface area contributed by atoms with Crippen LogP contribution >= 0.6 is 11.3 Å². The minimum absolute atomic E-state index is 1.13. The molecule has 0 aliphatic heterocycles. The molecule has 0 unspecified atom stereocenters. The molecule has 0 aliphatic rings. The van der Waals surface area contributed by atoms with E-state index >= 15 is 0 Å². The van der Waals surface area contributed by atoms with Crippen LogP contribution in [0.3, 0.4) is 0 Å². The predicted octanol–water partition coefficient (Wildman–Crippen LogP) is 14.8. The van der Waals surface area contributed by atoms with Crippen LogP contribution in [0.25, 0.3) is 75.1 Å². The zero-order valence-corrected chi connectivity index (χ0v) is 29.2. The van der Waals surface area contributed by atoms with Crippen molar-refractivity contribution in [3.05, 3.63) is 200 Å². The molecule has 0 amide bonds. The van der Waals surface area contributed by atoms with Gasteiger partial charge in [-0.05, 0) is 116 Å². The van der Waals surface area contributed by atoms with Crippen LogP contribution in [-0.2, 0) is 0 Å². The van der Waals surface area contributed by atoms with Gasteiger partial charge in [-0.2, -0.15) is 0 Å². The molecule has 10 aromatic rings. The number of benzene rings is 9. The van der Waals surface area contributed by atoms with E-state index in [9.17, 15) is 0 Å². The summed E-state index contributed by atoms with van der Waals surface area (Å²) in [5.74, 6) is 0. The summed E-state index contributed by atoms with van der Waals surface area (Å²) >= 11 is 1.86. The molecular formula is C50H33NS. The van der Waals surface area contributed by atoms with Crippen LogP contribution < -0.4 is 4.90 Å². The number of fused-ring (bicyclic) bond motifs is 5. The van der Waals surface area contributed by atoms with Crippen LogP contribution in [0.5, 0.6) is 0 Å². The molecule has 0 saturated carbocycles. The Morgan fingerprint density at radius 3 is 1.63 bits per heavy atom. The minimum atomic E-state index is 1.13. The standard InChI is InChI=1S/C50H33NS/c1-2-10-34(11-3-1)36-24-27-44(28-25-36)51(47-17-9-19-49-50(47)46-16-6-7-18-48(46)52-49)45-29-26-42-32-41(22-23-43(42)33-45)39-15-8-14-38(31-39)40-21-20-35-12-4-5-13-37(35)30-40/h1-33H. The highest BCUT2D eigenvalue weighted by atomic mass is 32.1. The quantitative estimate of drug-likeness (QED) is 0.169. The van der Waals surface area contributed by atoms with Gasteiger partial charge < -0.3 is 4.90 Å². The Labute approximate surface area is 307 Å². The van der Waals surface area contributed by atoms with Crippen molar-refractivity contribution < 1.29 is 0 Å². The molecule has 52 heavy (non-hydrogen) atoms.